The van der Waals surface area contributed by atoms with Crippen molar-refractivity contribution in [1.29, 1.82) is 0 Å². The molecule has 3 aromatic rings. The predicted octanol–water partition coefficient (Wildman–Crippen LogP) is 3.58. The van der Waals surface area contributed by atoms with E-state index in [2.05, 4.69) is 11.9 Å². The first-order chi connectivity index (χ1) is 12.7. The largest absolute Gasteiger partial charge is 0.444 e. The first-order valence-corrected chi connectivity index (χ1v) is 8.79. The van der Waals surface area contributed by atoms with Crippen LogP contribution >= 0.6 is 0 Å². The maximum absolute atomic E-state index is 12.7. The summed E-state index contributed by atoms with van der Waals surface area (Å²) < 4.78 is 7.44. The zero-order chi connectivity index (χ0) is 18.4. The Morgan fingerprint density at radius 2 is 1.88 bits per heavy atom. The van der Waals surface area contributed by atoms with Crippen LogP contribution in [0.15, 0.2) is 54.6 Å². The highest BCUT2D eigenvalue weighted by Crippen LogP contribution is 2.24. The second-order valence-corrected chi connectivity index (χ2v) is 5.97. The molecule has 0 spiro atoms. The van der Waals surface area contributed by atoms with Crippen LogP contribution in [0.3, 0.4) is 0 Å². The van der Waals surface area contributed by atoms with Crippen LogP contribution in [0.2, 0.25) is 0 Å². The summed E-state index contributed by atoms with van der Waals surface area (Å²) in [6, 6.07) is 17.3. The van der Waals surface area contributed by atoms with Gasteiger partial charge < -0.3 is 14.4 Å². The third-order valence-electron chi connectivity index (χ3n) is 4.07. The summed E-state index contributed by atoms with van der Waals surface area (Å²) in [5.74, 6) is 0.500. The molecule has 0 bridgehead atoms. The van der Waals surface area contributed by atoms with E-state index in [4.69, 9.17) is 4.74 Å². The lowest BCUT2D eigenvalue weighted by Crippen LogP contribution is -2.36. The van der Waals surface area contributed by atoms with Crippen LogP contribution in [0, 0.1) is 0 Å². The number of aliphatic hydroxyl groups is 1. The van der Waals surface area contributed by atoms with E-state index in [0.717, 1.165) is 29.6 Å². The number of anilines is 1. The minimum atomic E-state index is -0.518. The van der Waals surface area contributed by atoms with Gasteiger partial charge in [-0.2, -0.15) is 0 Å². The molecule has 3 rings (SSSR count). The van der Waals surface area contributed by atoms with E-state index in [1.54, 1.807) is 0 Å². The van der Waals surface area contributed by atoms with Crippen LogP contribution in [-0.4, -0.2) is 33.9 Å². The Morgan fingerprint density at radius 1 is 1.15 bits per heavy atom. The number of hydrogen-bond acceptors (Lipinski definition) is 4. The lowest BCUT2D eigenvalue weighted by molar-refractivity contribution is 0.144. The number of aliphatic hydroxyl groups excluding tert-OH is 1. The highest BCUT2D eigenvalue weighted by atomic mass is 16.6. The molecule has 0 aliphatic rings. The molecule has 0 aliphatic carbocycles. The Labute approximate surface area is 152 Å². The van der Waals surface area contributed by atoms with Crippen molar-refractivity contribution in [2.24, 2.45) is 0 Å². The van der Waals surface area contributed by atoms with Gasteiger partial charge in [0.15, 0.2) is 0 Å². The number of hydrogen-bond donors (Lipinski definition) is 1. The van der Waals surface area contributed by atoms with Crippen molar-refractivity contribution in [3.63, 3.8) is 0 Å². The topological polar surface area (TPSA) is 67.6 Å². The number of aromatic nitrogens is 2. The van der Waals surface area contributed by atoms with E-state index in [1.807, 2.05) is 59.2 Å². The van der Waals surface area contributed by atoms with Crippen molar-refractivity contribution >= 4 is 23.1 Å². The van der Waals surface area contributed by atoms with Crippen molar-refractivity contribution in [2.75, 3.05) is 18.1 Å². The third kappa shape index (κ3) is 3.86. The van der Waals surface area contributed by atoms with E-state index in [-0.39, 0.29) is 19.8 Å². The second kappa shape index (κ2) is 8.49. The molecule has 0 atom stereocenters. The molecule has 1 N–H and O–H groups in total. The summed E-state index contributed by atoms with van der Waals surface area (Å²) >= 11 is 0. The molecule has 136 valence electrons. The van der Waals surface area contributed by atoms with Crippen molar-refractivity contribution < 1.29 is 14.6 Å². The lowest BCUT2D eigenvalue weighted by atomic mass is 10.2. The number of para-hydroxylation sites is 2. The van der Waals surface area contributed by atoms with Gasteiger partial charge >= 0.3 is 6.09 Å². The highest BCUT2D eigenvalue weighted by Gasteiger charge is 2.23. The minimum absolute atomic E-state index is 0.126. The molecule has 0 radical (unpaired) electrons. The van der Waals surface area contributed by atoms with Gasteiger partial charge in [0, 0.05) is 6.54 Å². The summed E-state index contributed by atoms with van der Waals surface area (Å²) in [5.41, 5.74) is 2.68. The molecular weight excluding hydrogens is 330 g/mol. The number of fused-ring (bicyclic) bond motifs is 1. The normalized spacial score (nSPS) is 10.8. The van der Waals surface area contributed by atoms with Crippen molar-refractivity contribution in [1.82, 2.24) is 9.55 Å². The van der Waals surface area contributed by atoms with Crippen molar-refractivity contribution in [2.45, 2.75) is 26.5 Å². The number of carbonyl (C=O) groups excluding carboxylic acids is 1. The molecule has 0 unspecified atom stereocenters. The van der Waals surface area contributed by atoms with E-state index in [9.17, 15) is 9.90 Å². The summed E-state index contributed by atoms with van der Waals surface area (Å²) in [4.78, 5) is 18.7. The highest BCUT2D eigenvalue weighted by molar-refractivity contribution is 5.89. The number of aryl methyl sites for hydroxylation is 1. The molecule has 0 aliphatic heterocycles. The Kier molecular flexibility index (Phi) is 5.86. The smallest absolute Gasteiger partial charge is 0.417 e. The standard InChI is InChI=1S/C20H23N3O3/c1-2-12-22-18-11-7-6-10-17(18)21-19(22)23(13-14-24)20(25)26-15-16-8-4-3-5-9-16/h3-11,24H,2,12-15H2,1H3. The fourth-order valence-electron chi connectivity index (χ4n) is 2.88. The molecule has 0 saturated heterocycles. The summed E-state index contributed by atoms with van der Waals surface area (Å²) in [6.45, 7) is 2.93. The number of nitrogens with zero attached hydrogens (tertiary/aromatic N) is 3. The SMILES string of the molecule is CCCn1c(N(CCO)C(=O)OCc2ccccc2)nc2ccccc21. The van der Waals surface area contributed by atoms with Gasteiger partial charge in [0.1, 0.15) is 6.61 Å². The van der Waals surface area contributed by atoms with Crippen molar-refractivity contribution in [3.8, 4) is 0 Å². The Bertz CT molecular complexity index is 861. The predicted molar refractivity (Wildman–Crippen MR) is 101 cm³/mol. The molecular formula is C20H23N3O3. The van der Waals surface area contributed by atoms with Gasteiger partial charge in [-0.15, -0.1) is 0 Å². The summed E-state index contributed by atoms with van der Waals surface area (Å²) in [5, 5.41) is 9.44. The quantitative estimate of drug-likeness (QED) is 0.705. The fourth-order valence-corrected chi connectivity index (χ4v) is 2.88. The summed E-state index contributed by atoms with van der Waals surface area (Å²) in [7, 11) is 0. The number of benzene rings is 2. The zero-order valence-electron chi connectivity index (χ0n) is 14.8. The van der Waals surface area contributed by atoms with Gasteiger partial charge in [-0.1, -0.05) is 49.4 Å². The zero-order valence-corrected chi connectivity index (χ0v) is 14.8. The van der Waals surface area contributed by atoms with Crippen molar-refractivity contribution in [3.05, 3.63) is 60.2 Å². The van der Waals surface area contributed by atoms with Crippen LogP contribution in [-0.2, 0) is 17.9 Å². The van der Waals surface area contributed by atoms with E-state index >= 15 is 0 Å². The van der Waals surface area contributed by atoms with Gasteiger partial charge in [-0.3, -0.25) is 0 Å². The average molecular weight is 353 g/mol. The van der Waals surface area contributed by atoms with Crippen LogP contribution in [0.25, 0.3) is 11.0 Å². The van der Waals surface area contributed by atoms with E-state index in [0.29, 0.717) is 5.95 Å². The first-order valence-electron chi connectivity index (χ1n) is 8.79. The number of ether oxygens (including phenoxy) is 1. The van der Waals surface area contributed by atoms with E-state index in [1.165, 1.54) is 4.90 Å². The van der Waals surface area contributed by atoms with Crippen LogP contribution in [0.4, 0.5) is 10.7 Å². The number of carbonyl (C=O) groups is 1. The van der Waals surface area contributed by atoms with Crippen LogP contribution < -0.4 is 4.90 Å². The molecule has 6 heteroatoms. The molecule has 1 aromatic heterocycles. The van der Waals surface area contributed by atoms with Gasteiger partial charge in [-0.25, -0.2) is 14.7 Å². The summed E-state index contributed by atoms with van der Waals surface area (Å²) in [6.07, 6.45) is 0.384. The second-order valence-electron chi connectivity index (χ2n) is 5.97. The van der Waals surface area contributed by atoms with Crippen LogP contribution in [0.5, 0.6) is 0 Å². The van der Waals surface area contributed by atoms with Gasteiger partial charge in [0.05, 0.1) is 24.2 Å². The maximum atomic E-state index is 12.7. The Balaban J connectivity index is 1.88. The van der Waals surface area contributed by atoms with Gasteiger partial charge in [0.2, 0.25) is 5.95 Å². The molecule has 0 fully saturated rings. The monoisotopic (exact) mass is 353 g/mol. The Hall–Kier alpha value is -2.86. The fraction of sp³-hybridized carbons (Fsp3) is 0.300. The van der Waals surface area contributed by atoms with Gasteiger partial charge in [0.25, 0.3) is 0 Å². The molecule has 1 heterocycles. The molecule has 2 aromatic carbocycles. The van der Waals surface area contributed by atoms with Crippen LogP contribution in [0.1, 0.15) is 18.9 Å². The average Bonchev–Trinajstić information content (AvgIpc) is 3.04. The number of imidazole rings is 1. The molecule has 0 saturated carbocycles. The Morgan fingerprint density at radius 3 is 2.62 bits per heavy atom. The van der Waals surface area contributed by atoms with E-state index < -0.39 is 6.09 Å². The molecule has 26 heavy (non-hydrogen) atoms. The number of amides is 1. The first kappa shape index (κ1) is 17.9. The molecule has 6 nitrogen and oxygen atoms in total. The van der Waals surface area contributed by atoms with Gasteiger partial charge in [-0.05, 0) is 24.1 Å². The third-order valence-corrected chi connectivity index (χ3v) is 4.07. The molecule has 1 amide bonds. The lowest BCUT2D eigenvalue weighted by Gasteiger charge is -2.21. The maximum Gasteiger partial charge on any atom is 0.417 e. The number of rotatable bonds is 7. The minimum Gasteiger partial charge on any atom is -0.444 e.